The lowest BCUT2D eigenvalue weighted by molar-refractivity contribution is 0.557. The summed E-state index contributed by atoms with van der Waals surface area (Å²) in [7, 11) is 0. The summed E-state index contributed by atoms with van der Waals surface area (Å²) in [5.74, 6) is -1.19. The van der Waals surface area contributed by atoms with Crippen LogP contribution < -0.4 is 0 Å². The Labute approximate surface area is 57.7 Å². The second kappa shape index (κ2) is 2.33. The zero-order valence-electron chi connectivity index (χ0n) is 5.78. The molecule has 0 unspecified atom stereocenters. The number of hydrogen-bond donors (Lipinski definition) is 0. The summed E-state index contributed by atoms with van der Waals surface area (Å²) in [5, 5.41) is 0. The van der Waals surface area contributed by atoms with Gasteiger partial charge in [-0.05, 0) is 13.8 Å². The van der Waals surface area contributed by atoms with E-state index in [1.54, 1.807) is 0 Å². The fourth-order valence-electron chi connectivity index (χ4n) is 0.679. The van der Waals surface area contributed by atoms with Gasteiger partial charge in [0.1, 0.15) is 11.6 Å². The van der Waals surface area contributed by atoms with Crippen LogP contribution in [0, 0.1) is 25.5 Å². The third-order valence-electron chi connectivity index (χ3n) is 1.28. The van der Waals surface area contributed by atoms with Crippen molar-refractivity contribution in [1.29, 1.82) is 0 Å². The lowest BCUT2D eigenvalue weighted by Gasteiger charge is -1.97. The second-order valence-corrected chi connectivity index (χ2v) is 2.12. The predicted octanol–water partition coefficient (Wildman–Crippen LogP) is 1.98. The Bertz CT molecular complexity index is 208. The Morgan fingerprint density at radius 3 is 1.80 bits per heavy atom. The van der Waals surface area contributed by atoms with Crippen LogP contribution in [0.2, 0.25) is 0 Å². The van der Waals surface area contributed by atoms with Crippen LogP contribution in [0.4, 0.5) is 8.78 Å². The van der Waals surface area contributed by atoms with Crippen LogP contribution in [0.25, 0.3) is 0 Å². The molecule has 0 spiro atoms. The lowest BCUT2D eigenvalue weighted by Crippen LogP contribution is -1.94. The molecular formula is C7H7F2N. The molecule has 1 nitrogen and oxygen atoms in total. The third-order valence-corrected chi connectivity index (χ3v) is 1.28. The molecule has 10 heavy (non-hydrogen) atoms. The average molecular weight is 143 g/mol. The largest absolute Gasteiger partial charge is 0.252 e. The van der Waals surface area contributed by atoms with Gasteiger partial charge in [-0.3, -0.25) is 4.98 Å². The number of hydrogen-bond acceptors (Lipinski definition) is 1. The molecule has 0 bridgehead atoms. The molecule has 1 aromatic rings. The van der Waals surface area contributed by atoms with Crippen LogP contribution in [0.1, 0.15) is 11.4 Å². The summed E-state index contributed by atoms with van der Waals surface area (Å²) in [6.45, 7) is 3.00. The molecule has 0 saturated carbocycles. The molecule has 0 amide bonds. The molecule has 1 aromatic heterocycles. The van der Waals surface area contributed by atoms with E-state index in [4.69, 9.17) is 0 Å². The van der Waals surface area contributed by atoms with Crippen molar-refractivity contribution < 1.29 is 8.78 Å². The maximum atomic E-state index is 12.5. The van der Waals surface area contributed by atoms with E-state index in [0.29, 0.717) is 0 Å². The minimum atomic E-state index is -0.594. The van der Waals surface area contributed by atoms with Crippen LogP contribution in [-0.4, -0.2) is 4.98 Å². The molecule has 0 saturated heterocycles. The van der Waals surface area contributed by atoms with Crippen LogP contribution >= 0.6 is 0 Å². The average Bonchev–Trinajstić information content (AvgIpc) is 1.84. The molecule has 0 atom stereocenters. The smallest absolute Gasteiger partial charge is 0.147 e. The number of pyridine rings is 1. The van der Waals surface area contributed by atoms with Gasteiger partial charge >= 0.3 is 0 Å². The first-order chi connectivity index (χ1) is 4.61. The van der Waals surface area contributed by atoms with Gasteiger partial charge in [-0.2, -0.15) is 0 Å². The molecule has 0 radical (unpaired) electrons. The van der Waals surface area contributed by atoms with E-state index in [1.807, 2.05) is 0 Å². The Balaban J connectivity index is 3.28. The topological polar surface area (TPSA) is 12.9 Å². The standard InChI is InChI=1S/C7H7F2N/c1-4-6(8)3-7(9)5(2)10-4/h3H,1-2H3. The fraction of sp³-hybridized carbons (Fsp3) is 0.286. The monoisotopic (exact) mass is 143 g/mol. The summed E-state index contributed by atoms with van der Waals surface area (Å²) in [4.78, 5) is 3.62. The summed E-state index contributed by atoms with van der Waals surface area (Å²) in [6, 6.07) is 0.845. The molecule has 0 fully saturated rings. The molecule has 0 aromatic carbocycles. The summed E-state index contributed by atoms with van der Waals surface area (Å²) < 4.78 is 24.9. The van der Waals surface area contributed by atoms with Gasteiger partial charge in [0.05, 0.1) is 11.4 Å². The van der Waals surface area contributed by atoms with Gasteiger partial charge in [-0.15, -0.1) is 0 Å². The van der Waals surface area contributed by atoms with Gasteiger partial charge in [0.15, 0.2) is 0 Å². The molecule has 54 valence electrons. The van der Waals surface area contributed by atoms with Crippen molar-refractivity contribution in [3.63, 3.8) is 0 Å². The SMILES string of the molecule is Cc1nc(C)c(F)cc1F. The molecule has 0 aliphatic rings. The summed E-state index contributed by atoms with van der Waals surface area (Å²) in [5.41, 5.74) is 0.470. The third kappa shape index (κ3) is 1.12. The number of rotatable bonds is 0. The number of aryl methyl sites for hydroxylation is 2. The highest BCUT2D eigenvalue weighted by Gasteiger charge is 2.03. The minimum absolute atomic E-state index is 0.235. The van der Waals surface area contributed by atoms with Crippen LogP contribution in [-0.2, 0) is 0 Å². The zero-order chi connectivity index (χ0) is 7.72. The van der Waals surface area contributed by atoms with Crippen LogP contribution in [0.3, 0.4) is 0 Å². The fourth-order valence-corrected chi connectivity index (χ4v) is 0.679. The van der Waals surface area contributed by atoms with Gasteiger partial charge in [0.2, 0.25) is 0 Å². The normalized spacial score (nSPS) is 10.0. The molecule has 0 N–H and O–H groups in total. The van der Waals surface area contributed by atoms with Crippen LogP contribution in [0.5, 0.6) is 0 Å². The highest BCUT2D eigenvalue weighted by Crippen LogP contribution is 2.08. The zero-order valence-corrected chi connectivity index (χ0v) is 5.78. The second-order valence-electron chi connectivity index (χ2n) is 2.12. The van der Waals surface area contributed by atoms with Crippen molar-refractivity contribution in [3.8, 4) is 0 Å². The number of nitrogens with zero attached hydrogens (tertiary/aromatic N) is 1. The van der Waals surface area contributed by atoms with Crippen molar-refractivity contribution in [1.82, 2.24) is 4.98 Å². The predicted molar refractivity (Wildman–Crippen MR) is 33.6 cm³/mol. The van der Waals surface area contributed by atoms with E-state index in [2.05, 4.69) is 4.98 Å². The van der Waals surface area contributed by atoms with Crippen molar-refractivity contribution in [2.24, 2.45) is 0 Å². The van der Waals surface area contributed by atoms with E-state index in [1.165, 1.54) is 13.8 Å². The van der Waals surface area contributed by atoms with Crippen molar-refractivity contribution in [3.05, 3.63) is 29.1 Å². The molecule has 0 aliphatic heterocycles. The first-order valence-electron chi connectivity index (χ1n) is 2.90. The molecule has 3 heteroatoms. The Morgan fingerprint density at radius 1 is 1.10 bits per heavy atom. The van der Waals surface area contributed by atoms with E-state index >= 15 is 0 Å². The Hall–Kier alpha value is -0.990. The van der Waals surface area contributed by atoms with Crippen molar-refractivity contribution >= 4 is 0 Å². The Morgan fingerprint density at radius 2 is 1.50 bits per heavy atom. The molecule has 0 aliphatic carbocycles. The summed E-state index contributed by atoms with van der Waals surface area (Å²) in [6.07, 6.45) is 0. The molecule has 1 rings (SSSR count). The first-order valence-corrected chi connectivity index (χ1v) is 2.90. The van der Waals surface area contributed by atoms with E-state index in [9.17, 15) is 8.78 Å². The highest BCUT2D eigenvalue weighted by atomic mass is 19.1. The maximum absolute atomic E-state index is 12.5. The molecule has 1 heterocycles. The summed E-state index contributed by atoms with van der Waals surface area (Å²) >= 11 is 0. The minimum Gasteiger partial charge on any atom is -0.252 e. The van der Waals surface area contributed by atoms with Gasteiger partial charge < -0.3 is 0 Å². The van der Waals surface area contributed by atoms with E-state index < -0.39 is 11.6 Å². The van der Waals surface area contributed by atoms with Gasteiger partial charge in [0, 0.05) is 6.07 Å². The van der Waals surface area contributed by atoms with E-state index in [-0.39, 0.29) is 11.4 Å². The van der Waals surface area contributed by atoms with Gasteiger partial charge in [-0.1, -0.05) is 0 Å². The number of halogens is 2. The van der Waals surface area contributed by atoms with Crippen molar-refractivity contribution in [2.75, 3.05) is 0 Å². The van der Waals surface area contributed by atoms with Crippen molar-refractivity contribution in [2.45, 2.75) is 13.8 Å². The highest BCUT2D eigenvalue weighted by molar-refractivity contribution is 5.12. The van der Waals surface area contributed by atoms with Gasteiger partial charge in [0.25, 0.3) is 0 Å². The van der Waals surface area contributed by atoms with Crippen LogP contribution in [0.15, 0.2) is 6.07 Å². The Kier molecular flexibility index (Phi) is 1.66. The lowest BCUT2D eigenvalue weighted by atomic mass is 10.3. The maximum Gasteiger partial charge on any atom is 0.147 e. The molecular weight excluding hydrogens is 136 g/mol. The van der Waals surface area contributed by atoms with Gasteiger partial charge in [-0.25, -0.2) is 8.78 Å². The van der Waals surface area contributed by atoms with E-state index in [0.717, 1.165) is 6.07 Å². The first kappa shape index (κ1) is 7.12. The number of aromatic nitrogens is 1. The quantitative estimate of drug-likeness (QED) is 0.541.